The van der Waals surface area contributed by atoms with Crippen molar-refractivity contribution in [3.8, 4) is 0 Å². The second-order valence-electron chi connectivity index (χ2n) is 10.3. The van der Waals surface area contributed by atoms with E-state index in [-0.39, 0.29) is 23.4 Å². The van der Waals surface area contributed by atoms with Gasteiger partial charge in [-0.25, -0.2) is 12.8 Å². The van der Waals surface area contributed by atoms with Crippen LogP contribution in [0.2, 0.25) is 5.02 Å². The SMILES string of the molecule is CC[C@H](C(=O)NC1CCCC1)N(Cc1ccc(F)cc1)C(=O)CN(c1ccccc1C)S(=O)(=O)c1ccc(Cl)cc1. The summed E-state index contributed by atoms with van der Waals surface area (Å²) < 4.78 is 42.6. The Morgan fingerprint density at radius 2 is 1.63 bits per heavy atom. The van der Waals surface area contributed by atoms with Gasteiger partial charge in [-0.2, -0.15) is 0 Å². The molecule has 0 aliphatic heterocycles. The van der Waals surface area contributed by atoms with Crippen molar-refractivity contribution in [3.63, 3.8) is 0 Å². The van der Waals surface area contributed by atoms with Crippen molar-refractivity contribution in [2.24, 2.45) is 0 Å². The topological polar surface area (TPSA) is 86.8 Å². The number of carbonyl (C=O) groups excluding carboxylic acids is 2. The lowest BCUT2D eigenvalue weighted by Crippen LogP contribution is -2.53. The first kappa shape index (κ1) is 30.5. The molecule has 10 heteroatoms. The number of benzene rings is 3. The maximum atomic E-state index is 14.1. The van der Waals surface area contributed by atoms with Gasteiger partial charge in [0.2, 0.25) is 11.8 Å². The molecule has 1 aliphatic rings. The number of sulfonamides is 1. The van der Waals surface area contributed by atoms with E-state index in [1.54, 1.807) is 43.3 Å². The second kappa shape index (κ2) is 13.5. The summed E-state index contributed by atoms with van der Waals surface area (Å²) in [6.45, 7) is 3.06. The lowest BCUT2D eigenvalue weighted by atomic mass is 10.1. The number of nitrogens with one attached hydrogen (secondary N) is 1. The molecule has 41 heavy (non-hydrogen) atoms. The second-order valence-corrected chi connectivity index (χ2v) is 12.6. The van der Waals surface area contributed by atoms with Gasteiger partial charge in [-0.1, -0.05) is 61.7 Å². The molecule has 1 saturated carbocycles. The van der Waals surface area contributed by atoms with Crippen molar-refractivity contribution in [2.75, 3.05) is 10.8 Å². The standard InChI is InChI=1S/C31H35ClFN3O4S/c1-3-28(31(38)34-26-9-5-6-10-26)35(20-23-12-16-25(33)17-13-23)30(37)21-36(29-11-7-4-8-22(29)2)41(39,40)27-18-14-24(32)15-19-27/h4,7-8,11-19,26,28H,3,5-6,9-10,20-21H2,1-2H3,(H,34,38)/t28-/m1/s1. The lowest BCUT2D eigenvalue weighted by molar-refractivity contribution is -0.140. The Hall–Kier alpha value is -3.43. The number of para-hydroxylation sites is 1. The van der Waals surface area contributed by atoms with Crippen LogP contribution in [0.5, 0.6) is 0 Å². The molecule has 1 atom stereocenters. The van der Waals surface area contributed by atoms with Crippen LogP contribution in [0, 0.1) is 12.7 Å². The number of halogens is 2. The molecule has 4 rings (SSSR count). The lowest BCUT2D eigenvalue weighted by Gasteiger charge is -2.34. The zero-order valence-electron chi connectivity index (χ0n) is 23.2. The van der Waals surface area contributed by atoms with Gasteiger partial charge in [-0.05, 0) is 79.8 Å². The van der Waals surface area contributed by atoms with Crippen LogP contribution in [-0.2, 0) is 26.2 Å². The molecule has 1 fully saturated rings. The zero-order valence-corrected chi connectivity index (χ0v) is 24.8. The Labute approximate surface area is 246 Å². The molecule has 0 aromatic heterocycles. The Morgan fingerprint density at radius 3 is 2.24 bits per heavy atom. The number of rotatable bonds is 11. The average molecular weight is 600 g/mol. The Morgan fingerprint density at radius 1 is 1.00 bits per heavy atom. The summed E-state index contributed by atoms with van der Waals surface area (Å²) >= 11 is 6.01. The van der Waals surface area contributed by atoms with Gasteiger partial charge in [-0.15, -0.1) is 0 Å². The number of nitrogens with zero attached hydrogens (tertiary/aromatic N) is 2. The zero-order chi connectivity index (χ0) is 29.6. The molecular formula is C31H35ClFN3O4S. The first-order valence-electron chi connectivity index (χ1n) is 13.8. The summed E-state index contributed by atoms with van der Waals surface area (Å²) in [5.74, 6) is -1.25. The molecule has 0 heterocycles. The van der Waals surface area contributed by atoms with Crippen LogP contribution < -0.4 is 9.62 Å². The van der Waals surface area contributed by atoms with Crippen molar-refractivity contribution in [1.29, 1.82) is 0 Å². The van der Waals surface area contributed by atoms with Gasteiger partial charge in [0.1, 0.15) is 18.4 Å². The van der Waals surface area contributed by atoms with E-state index in [9.17, 15) is 22.4 Å². The summed E-state index contributed by atoms with van der Waals surface area (Å²) in [4.78, 5) is 29.0. The Bertz CT molecular complexity index is 1460. The fraction of sp³-hybridized carbons (Fsp3) is 0.355. The van der Waals surface area contributed by atoms with Crippen molar-refractivity contribution in [3.05, 3.63) is 94.8 Å². The van der Waals surface area contributed by atoms with E-state index < -0.39 is 34.3 Å². The van der Waals surface area contributed by atoms with Gasteiger partial charge in [0.05, 0.1) is 10.6 Å². The molecule has 2 amide bonds. The predicted octanol–water partition coefficient (Wildman–Crippen LogP) is 5.85. The minimum atomic E-state index is -4.19. The van der Waals surface area contributed by atoms with Gasteiger partial charge >= 0.3 is 0 Å². The molecule has 3 aromatic carbocycles. The molecule has 0 bridgehead atoms. The third-order valence-corrected chi connectivity index (χ3v) is 9.44. The van der Waals surface area contributed by atoms with Gasteiger partial charge < -0.3 is 10.2 Å². The Balaban J connectivity index is 1.72. The van der Waals surface area contributed by atoms with Crippen LogP contribution in [0.25, 0.3) is 0 Å². The largest absolute Gasteiger partial charge is 0.352 e. The average Bonchev–Trinajstić information content (AvgIpc) is 3.46. The molecule has 0 spiro atoms. The summed E-state index contributed by atoms with van der Waals surface area (Å²) in [5.41, 5.74) is 1.63. The van der Waals surface area contributed by atoms with Crippen molar-refractivity contribution >= 4 is 39.1 Å². The monoisotopic (exact) mass is 599 g/mol. The van der Waals surface area contributed by atoms with E-state index in [1.807, 2.05) is 6.92 Å². The van der Waals surface area contributed by atoms with Crippen LogP contribution in [0.3, 0.4) is 0 Å². The third-order valence-electron chi connectivity index (χ3n) is 7.42. The number of carbonyl (C=O) groups is 2. The van der Waals surface area contributed by atoms with Crippen molar-refractivity contribution in [1.82, 2.24) is 10.2 Å². The summed E-state index contributed by atoms with van der Waals surface area (Å²) in [7, 11) is -4.19. The summed E-state index contributed by atoms with van der Waals surface area (Å²) in [5, 5.41) is 3.46. The van der Waals surface area contributed by atoms with Gasteiger partial charge in [0.25, 0.3) is 10.0 Å². The van der Waals surface area contributed by atoms with Crippen molar-refractivity contribution < 1.29 is 22.4 Å². The molecule has 0 unspecified atom stereocenters. The number of anilines is 1. The van der Waals surface area contributed by atoms with E-state index in [1.165, 1.54) is 41.3 Å². The quantitative estimate of drug-likeness (QED) is 0.300. The van der Waals surface area contributed by atoms with Crippen molar-refractivity contribution in [2.45, 2.75) is 69.5 Å². The van der Waals surface area contributed by atoms with E-state index >= 15 is 0 Å². The van der Waals surface area contributed by atoms with Crippen LogP contribution >= 0.6 is 11.6 Å². The third kappa shape index (κ3) is 7.45. The van der Waals surface area contributed by atoms with E-state index in [4.69, 9.17) is 11.6 Å². The minimum Gasteiger partial charge on any atom is -0.352 e. The molecule has 218 valence electrons. The van der Waals surface area contributed by atoms with Gasteiger partial charge in [-0.3, -0.25) is 13.9 Å². The van der Waals surface area contributed by atoms with Crippen LogP contribution in [0.1, 0.15) is 50.2 Å². The smallest absolute Gasteiger partial charge is 0.264 e. The predicted molar refractivity (Wildman–Crippen MR) is 159 cm³/mol. The highest BCUT2D eigenvalue weighted by atomic mass is 35.5. The Kier molecular flexibility index (Phi) is 10.0. The number of amides is 2. The van der Waals surface area contributed by atoms with E-state index in [2.05, 4.69) is 5.32 Å². The normalized spacial score (nSPS) is 14.4. The molecular weight excluding hydrogens is 565 g/mol. The fourth-order valence-corrected chi connectivity index (χ4v) is 6.77. The van der Waals surface area contributed by atoms with E-state index in [0.29, 0.717) is 28.3 Å². The fourth-order valence-electron chi connectivity index (χ4n) is 5.16. The molecule has 7 nitrogen and oxygen atoms in total. The number of hydrogen-bond acceptors (Lipinski definition) is 4. The van der Waals surface area contributed by atoms with Crippen LogP contribution in [0.15, 0.2) is 77.7 Å². The maximum absolute atomic E-state index is 14.1. The maximum Gasteiger partial charge on any atom is 0.264 e. The molecule has 1 N–H and O–H groups in total. The van der Waals surface area contributed by atoms with Gasteiger partial charge in [0.15, 0.2) is 0 Å². The highest BCUT2D eigenvalue weighted by Gasteiger charge is 2.35. The summed E-state index contributed by atoms with van der Waals surface area (Å²) in [6.07, 6.45) is 4.16. The molecule has 1 aliphatic carbocycles. The minimum absolute atomic E-state index is 0.0122. The highest BCUT2D eigenvalue weighted by molar-refractivity contribution is 7.92. The van der Waals surface area contributed by atoms with Gasteiger partial charge in [0, 0.05) is 17.6 Å². The van der Waals surface area contributed by atoms with Crippen LogP contribution in [-0.4, -0.2) is 43.8 Å². The van der Waals surface area contributed by atoms with E-state index in [0.717, 1.165) is 30.0 Å². The van der Waals surface area contributed by atoms with Crippen LogP contribution in [0.4, 0.5) is 10.1 Å². The highest BCUT2D eigenvalue weighted by Crippen LogP contribution is 2.28. The first-order chi connectivity index (χ1) is 19.6. The molecule has 0 saturated heterocycles. The number of hydrogen-bond donors (Lipinski definition) is 1. The summed E-state index contributed by atoms with van der Waals surface area (Å²) in [6, 6.07) is 17.6. The molecule has 3 aromatic rings. The number of aryl methyl sites for hydroxylation is 1. The molecule has 0 radical (unpaired) electrons. The first-order valence-corrected chi connectivity index (χ1v) is 15.6.